The quantitative estimate of drug-likeness (QED) is 0.420. The van der Waals surface area contributed by atoms with Gasteiger partial charge in [0.25, 0.3) is 0 Å². The molecule has 1 aliphatic carbocycles. The molecule has 0 heterocycles. The van der Waals surface area contributed by atoms with E-state index in [1.165, 1.54) is 18.2 Å². The second-order valence-electron chi connectivity index (χ2n) is 7.77. The van der Waals surface area contributed by atoms with E-state index in [1.807, 2.05) is 0 Å². The highest BCUT2D eigenvalue weighted by Gasteiger charge is 2.21. The van der Waals surface area contributed by atoms with E-state index in [0.717, 1.165) is 24.3 Å². The minimum atomic E-state index is -1.45. The van der Waals surface area contributed by atoms with Crippen LogP contribution in [0.3, 0.4) is 0 Å². The normalized spacial score (nSPS) is 16.0. The van der Waals surface area contributed by atoms with E-state index in [4.69, 9.17) is 4.74 Å². The number of ether oxygens (including phenoxy) is 1. The van der Waals surface area contributed by atoms with Crippen molar-refractivity contribution in [3.8, 4) is 22.6 Å². The fourth-order valence-corrected chi connectivity index (χ4v) is 3.82. The van der Waals surface area contributed by atoms with Crippen LogP contribution in [0.1, 0.15) is 30.4 Å². The molecule has 0 aliphatic heterocycles. The molecule has 33 heavy (non-hydrogen) atoms. The number of hydrogen-bond donors (Lipinski definition) is 2. The van der Waals surface area contributed by atoms with Crippen LogP contribution in [0, 0.1) is 29.1 Å². The Labute approximate surface area is 186 Å². The van der Waals surface area contributed by atoms with Gasteiger partial charge in [0.05, 0.1) is 12.7 Å². The van der Waals surface area contributed by atoms with Crippen LogP contribution in [-0.2, 0) is 11.3 Å². The number of phenolic OH excluding ortho intramolecular Hbond substituents is 2. The predicted molar refractivity (Wildman–Crippen MR) is 112 cm³/mol. The molecule has 172 valence electrons. The van der Waals surface area contributed by atoms with Crippen molar-refractivity contribution >= 4 is 5.57 Å². The molecule has 1 aliphatic rings. The van der Waals surface area contributed by atoms with E-state index in [0.29, 0.717) is 30.4 Å². The Morgan fingerprint density at radius 3 is 1.97 bits per heavy atom. The van der Waals surface area contributed by atoms with Crippen LogP contribution in [0.25, 0.3) is 16.7 Å². The molecular formula is C25H19F5O3. The topological polar surface area (TPSA) is 49.7 Å². The fraction of sp³-hybridized carbons (Fsp3) is 0.200. The number of phenols is 2. The van der Waals surface area contributed by atoms with E-state index >= 15 is 0 Å². The van der Waals surface area contributed by atoms with Gasteiger partial charge in [0.2, 0.25) is 11.6 Å². The Hall–Kier alpha value is -3.39. The van der Waals surface area contributed by atoms with Crippen molar-refractivity contribution in [1.29, 1.82) is 0 Å². The maximum atomic E-state index is 14.6. The molecule has 0 aromatic heterocycles. The van der Waals surface area contributed by atoms with Crippen molar-refractivity contribution in [2.75, 3.05) is 0 Å². The highest BCUT2D eigenvalue weighted by atomic mass is 19.2. The second-order valence-corrected chi connectivity index (χ2v) is 7.77. The number of benzene rings is 3. The minimum Gasteiger partial charge on any atom is -0.505 e. The van der Waals surface area contributed by atoms with Gasteiger partial charge < -0.3 is 14.9 Å². The molecule has 3 aromatic carbocycles. The number of allylic oxidation sites excluding steroid dienone is 1. The third-order valence-electron chi connectivity index (χ3n) is 5.64. The summed E-state index contributed by atoms with van der Waals surface area (Å²) in [5, 5.41) is 18.5. The second kappa shape index (κ2) is 9.23. The lowest BCUT2D eigenvalue weighted by Crippen LogP contribution is -2.16. The zero-order valence-electron chi connectivity index (χ0n) is 17.2. The summed E-state index contributed by atoms with van der Waals surface area (Å²) in [4.78, 5) is 0. The molecule has 0 bridgehead atoms. The van der Waals surface area contributed by atoms with Gasteiger partial charge in [-0.15, -0.1) is 0 Å². The lowest BCUT2D eigenvalue weighted by molar-refractivity contribution is 0.0358. The largest absolute Gasteiger partial charge is 0.505 e. The highest BCUT2D eigenvalue weighted by molar-refractivity contribution is 5.68. The van der Waals surface area contributed by atoms with E-state index in [1.54, 1.807) is 6.08 Å². The average Bonchev–Trinajstić information content (AvgIpc) is 2.81. The molecular weight excluding hydrogens is 443 g/mol. The number of rotatable bonds is 5. The van der Waals surface area contributed by atoms with Crippen molar-refractivity contribution in [3.63, 3.8) is 0 Å². The molecule has 0 saturated heterocycles. The first-order valence-corrected chi connectivity index (χ1v) is 10.2. The summed E-state index contributed by atoms with van der Waals surface area (Å²) in [7, 11) is 0. The molecule has 0 radical (unpaired) electrons. The third-order valence-corrected chi connectivity index (χ3v) is 5.64. The van der Waals surface area contributed by atoms with Gasteiger partial charge in [-0.2, -0.15) is 8.78 Å². The average molecular weight is 462 g/mol. The van der Waals surface area contributed by atoms with Gasteiger partial charge >= 0.3 is 0 Å². The molecule has 1 unspecified atom stereocenters. The first kappa shape index (κ1) is 22.8. The lowest BCUT2D eigenvalue weighted by Gasteiger charge is -2.23. The first-order chi connectivity index (χ1) is 15.8. The first-order valence-electron chi connectivity index (χ1n) is 10.2. The summed E-state index contributed by atoms with van der Waals surface area (Å²) >= 11 is 0. The summed E-state index contributed by atoms with van der Waals surface area (Å²) in [5.74, 6) is -7.54. The molecule has 8 heteroatoms. The molecule has 3 aromatic rings. The number of aromatic hydroxyl groups is 2. The van der Waals surface area contributed by atoms with Crippen LogP contribution >= 0.6 is 0 Å². The van der Waals surface area contributed by atoms with Crippen LogP contribution in [0.5, 0.6) is 11.5 Å². The van der Waals surface area contributed by atoms with Crippen LogP contribution in [0.15, 0.2) is 48.5 Å². The van der Waals surface area contributed by atoms with E-state index in [2.05, 4.69) is 0 Å². The molecule has 1 atom stereocenters. The van der Waals surface area contributed by atoms with Crippen molar-refractivity contribution in [2.45, 2.75) is 32.0 Å². The Balaban J connectivity index is 1.41. The molecule has 0 fully saturated rings. The van der Waals surface area contributed by atoms with Gasteiger partial charge in [-0.3, -0.25) is 0 Å². The van der Waals surface area contributed by atoms with Crippen LogP contribution in [-0.4, -0.2) is 16.3 Å². The summed E-state index contributed by atoms with van der Waals surface area (Å²) in [6, 6.07) is 8.48. The summed E-state index contributed by atoms with van der Waals surface area (Å²) in [6.45, 7) is 0.0691. The van der Waals surface area contributed by atoms with E-state index < -0.39 is 40.6 Å². The summed E-state index contributed by atoms with van der Waals surface area (Å²) in [5.41, 5.74) is 0.739. The lowest BCUT2D eigenvalue weighted by atomic mass is 9.91. The van der Waals surface area contributed by atoms with Crippen LogP contribution in [0.4, 0.5) is 22.0 Å². The molecule has 0 saturated carbocycles. The zero-order chi connectivity index (χ0) is 23.7. The molecule has 2 N–H and O–H groups in total. The van der Waals surface area contributed by atoms with E-state index in [-0.39, 0.29) is 29.4 Å². The van der Waals surface area contributed by atoms with Crippen LogP contribution in [0.2, 0.25) is 0 Å². The van der Waals surface area contributed by atoms with Gasteiger partial charge in [0.1, 0.15) is 5.82 Å². The molecule has 0 spiro atoms. The molecule has 4 rings (SSSR count). The zero-order valence-corrected chi connectivity index (χ0v) is 17.2. The van der Waals surface area contributed by atoms with E-state index in [9.17, 15) is 32.2 Å². The summed E-state index contributed by atoms with van der Waals surface area (Å²) in [6.07, 6.45) is 2.94. The van der Waals surface area contributed by atoms with Crippen LogP contribution < -0.4 is 0 Å². The number of hydrogen-bond acceptors (Lipinski definition) is 3. The van der Waals surface area contributed by atoms with Gasteiger partial charge in [-0.1, -0.05) is 18.2 Å². The van der Waals surface area contributed by atoms with Crippen molar-refractivity contribution < 1.29 is 36.9 Å². The van der Waals surface area contributed by atoms with Gasteiger partial charge in [0.15, 0.2) is 23.1 Å². The Bertz CT molecular complexity index is 1240. The van der Waals surface area contributed by atoms with Crippen molar-refractivity contribution in [3.05, 3.63) is 88.8 Å². The van der Waals surface area contributed by atoms with Gasteiger partial charge in [-0.05, 0) is 60.7 Å². The molecule has 3 nitrogen and oxygen atoms in total. The van der Waals surface area contributed by atoms with Crippen molar-refractivity contribution in [1.82, 2.24) is 0 Å². The monoisotopic (exact) mass is 462 g/mol. The maximum Gasteiger partial charge on any atom is 0.200 e. The van der Waals surface area contributed by atoms with Gasteiger partial charge in [-0.25, -0.2) is 13.2 Å². The predicted octanol–water partition coefficient (Wildman–Crippen LogP) is 6.61. The Morgan fingerprint density at radius 1 is 0.758 bits per heavy atom. The third kappa shape index (κ3) is 4.57. The molecule has 0 amide bonds. The Kier molecular flexibility index (Phi) is 6.37. The highest BCUT2D eigenvalue weighted by Crippen LogP contribution is 2.34. The van der Waals surface area contributed by atoms with Crippen molar-refractivity contribution in [2.24, 2.45) is 0 Å². The number of halogens is 5. The fourth-order valence-electron chi connectivity index (χ4n) is 3.82. The Morgan fingerprint density at radius 2 is 1.36 bits per heavy atom. The standard InChI is InChI=1S/C25H19F5O3/c26-19-11-13(1-6-17(19)18-8-10-21(32)25(30)23(18)28)12-33-15-4-2-14(3-5-15)16-7-9-20(31)24(29)22(16)27/h1-2,6-11,15,31-32H,3-5,12H2. The SMILES string of the molecule is Oc1ccc(C2=CCC(OCc3ccc(-c4ccc(O)c(F)c4F)c(F)c3)CC2)c(F)c1F. The minimum absolute atomic E-state index is 0.0691. The summed E-state index contributed by atoms with van der Waals surface area (Å²) < 4.78 is 75.7. The maximum absolute atomic E-state index is 14.6. The van der Waals surface area contributed by atoms with Gasteiger partial charge in [0, 0.05) is 16.7 Å². The smallest absolute Gasteiger partial charge is 0.200 e.